The van der Waals surface area contributed by atoms with E-state index in [2.05, 4.69) is 26.0 Å². The number of carbonyl (C=O) groups excluding carboxylic acids is 1. The fraction of sp³-hybridized carbons (Fsp3) is 0.733. The summed E-state index contributed by atoms with van der Waals surface area (Å²) in [5.74, 6) is 0.0199. The van der Waals surface area contributed by atoms with Crippen molar-refractivity contribution in [3.05, 3.63) is 12.2 Å². The van der Waals surface area contributed by atoms with Crippen LogP contribution in [0.3, 0.4) is 0 Å². The van der Waals surface area contributed by atoms with E-state index in [1.165, 1.54) is 0 Å². The van der Waals surface area contributed by atoms with Crippen molar-refractivity contribution >= 4 is 11.9 Å². The molecule has 4 nitrogen and oxygen atoms in total. The van der Waals surface area contributed by atoms with E-state index in [9.17, 15) is 9.59 Å². The number of hydrogen-bond donors (Lipinski definition) is 1. The van der Waals surface area contributed by atoms with Crippen LogP contribution in [0.4, 0.5) is 0 Å². The molecule has 4 atom stereocenters. The van der Waals surface area contributed by atoms with Gasteiger partial charge in [-0.25, -0.2) is 0 Å². The molecule has 1 N–H and O–H groups in total. The molecule has 0 spiro atoms. The topological polar surface area (TPSA) is 63.6 Å². The number of fused-ring (bicyclic) bond motifs is 2. The molecule has 19 heavy (non-hydrogen) atoms. The van der Waals surface area contributed by atoms with Gasteiger partial charge in [-0.2, -0.15) is 0 Å². The van der Waals surface area contributed by atoms with E-state index in [4.69, 9.17) is 9.84 Å². The van der Waals surface area contributed by atoms with Crippen LogP contribution >= 0.6 is 0 Å². The van der Waals surface area contributed by atoms with Crippen LogP contribution < -0.4 is 0 Å². The molecule has 0 heterocycles. The molecule has 4 heteroatoms. The molecule has 0 aromatic heterocycles. The maximum atomic E-state index is 11.6. The van der Waals surface area contributed by atoms with Gasteiger partial charge < -0.3 is 9.84 Å². The summed E-state index contributed by atoms with van der Waals surface area (Å²) in [5.41, 5.74) is 0.145. The van der Waals surface area contributed by atoms with Crippen LogP contribution in [0, 0.1) is 23.2 Å². The highest BCUT2D eigenvalue weighted by Crippen LogP contribution is 2.57. The lowest BCUT2D eigenvalue weighted by Crippen LogP contribution is -2.38. The van der Waals surface area contributed by atoms with Crippen LogP contribution in [0.2, 0.25) is 0 Å². The fourth-order valence-electron chi connectivity index (χ4n) is 3.85. The van der Waals surface area contributed by atoms with E-state index in [-0.39, 0.29) is 24.4 Å². The van der Waals surface area contributed by atoms with Crippen molar-refractivity contribution in [2.24, 2.45) is 23.2 Å². The Morgan fingerprint density at radius 1 is 1.37 bits per heavy atom. The lowest BCUT2D eigenvalue weighted by atomic mass is 9.69. The predicted octanol–water partition coefficient (Wildman–Crippen LogP) is 2.63. The Morgan fingerprint density at radius 2 is 2.05 bits per heavy atom. The van der Waals surface area contributed by atoms with Gasteiger partial charge in [-0.05, 0) is 30.6 Å². The minimum atomic E-state index is -0.965. The summed E-state index contributed by atoms with van der Waals surface area (Å²) < 4.78 is 5.44. The molecule has 1 unspecified atom stereocenters. The van der Waals surface area contributed by atoms with Gasteiger partial charge in [0.05, 0.1) is 12.8 Å². The number of hydrogen-bond acceptors (Lipinski definition) is 3. The zero-order chi connectivity index (χ0) is 14.2. The smallest absolute Gasteiger partial charge is 0.306 e. The monoisotopic (exact) mass is 266 g/mol. The summed E-state index contributed by atoms with van der Waals surface area (Å²) in [5, 5.41) is 8.56. The Balaban J connectivity index is 1.93. The average molecular weight is 266 g/mol. The number of carbonyl (C=O) groups is 2. The molecule has 0 aromatic rings. The van der Waals surface area contributed by atoms with Gasteiger partial charge >= 0.3 is 11.9 Å². The lowest BCUT2D eigenvalue weighted by Gasteiger charge is -2.38. The Hall–Kier alpha value is -1.32. The van der Waals surface area contributed by atoms with Crippen molar-refractivity contribution in [3.63, 3.8) is 0 Å². The molecule has 1 fully saturated rings. The van der Waals surface area contributed by atoms with Gasteiger partial charge in [0.25, 0.3) is 0 Å². The van der Waals surface area contributed by atoms with Crippen LogP contribution in [0.5, 0.6) is 0 Å². The molecule has 0 amide bonds. The van der Waals surface area contributed by atoms with Crippen molar-refractivity contribution < 1.29 is 19.4 Å². The molecule has 0 aromatic carbocycles. The Labute approximate surface area is 113 Å². The van der Waals surface area contributed by atoms with Crippen molar-refractivity contribution in [3.8, 4) is 0 Å². The van der Waals surface area contributed by atoms with E-state index in [1.807, 2.05) is 6.92 Å². The molecule has 0 aliphatic heterocycles. The highest BCUT2D eigenvalue weighted by molar-refractivity contribution is 5.76. The van der Waals surface area contributed by atoms with Gasteiger partial charge in [-0.1, -0.05) is 26.0 Å². The van der Waals surface area contributed by atoms with Gasteiger partial charge in [0.15, 0.2) is 0 Å². The molecule has 2 aliphatic carbocycles. The van der Waals surface area contributed by atoms with E-state index in [0.717, 1.165) is 6.42 Å². The minimum Gasteiger partial charge on any atom is -0.481 e. The van der Waals surface area contributed by atoms with Gasteiger partial charge in [-0.15, -0.1) is 0 Å². The Bertz CT molecular complexity index is 410. The first-order valence-electron chi connectivity index (χ1n) is 6.92. The molecule has 2 rings (SSSR count). The number of carboxylic acids is 1. The van der Waals surface area contributed by atoms with Gasteiger partial charge in [0.2, 0.25) is 0 Å². The van der Waals surface area contributed by atoms with Crippen molar-refractivity contribution in [1.82, 2.24) is 0 Å². The number of esters is 1. The van der Waals surface area contributed by atoms with Gasteiger partial charge in [0, 0.05) is 5.92 Å². The number of aliphatic carboxylic acids is 1. The molecule has 2 bridgehead atoms. The highest BCUT2D eigenvalue weighted by atomic mass is 16.5. The molecule has 0 saturated heterocycles. The summed E-state index contributed by atoms with van der Waals surface area (Å²) in [7, 11) is 0. The van der Waals surface area contributed by atoms with E-state index in [1.54, 1.807) is 0 Å². The van der Waals surface area contributed by atoms with Crippen LogP contribution in [-0.2, 0) is 14.3 Å². The zero-order valence-electron chi connectivity index (χ0n) is 11.8. The third-order valence-corrected chi connectivity index (χ3v) is 4.76. The Morgan fingerprint density at radius 3 is 2.58 bits per heavy atom. The van der Waals surface area contributed by atoms with Crippen molar-refractivity contribution in [2.75, 3.05) is 0 Å². The molecule has 2 aliphatic rings. The van der Waals surface area contributed by atoms with Crippen LogP contribution in [0.1, 0.15) is 40.0 Å². The summed E-state index contributed by atoms with van der Waals surface area (Å²) in [6.45, 7) is 6.39. The van der Waals surface area contributed by atoms with Crippen LogP contribution in [-0.4, -0.2) is 23.1 Å². The maximum Gasteiger partial charge on any atom is 0.306 e. The van der Waals surface area contributed by atoms with Crippen LogP contribution in [0.25, 0.3) is 0 Å². The lowest BCUT2D eigenvalue weighted by molar-refractivity contribution is -0.156. The first kappa shape index (κ1) is 14.1. The normalized spacial score (nSPS) is 32.3. The summed E-state index contributed by atoms with van der Waals surface area (Å²) in [6.07, 6.45) is 5.30. The largest absolute Gasteiger partial charge is 0.481 e. The SMILES string of the molecule is CC(OC(=O)CCC(=O)O)[C@@H]1[C@H]2C=C[C@H](C2)C1(C)C. The fourth-order valence-corrected chi connectivity index (χ4v) is 3.85. The zero-order valence-corrected chi connectivity index (χ0v) is 11.8. The average Bonchev–Trinajstić information content (AvgIpc) is 2.83. The van der Waals surface area contributed by atoms with Crippen molar-refractivity contribution in [2.45, 2.75) is 46.1 Å². The van der Waals surface area contributed by atoms with Crippen LogP contribution in [0.15, 0.2) is 12.2 Å². The number of allylic oxidation sites excluding steroid dienone is 2. The molecular formula is C15H22O4. The second kappa shape index (κ2) is 4.99. The van der Waals surface area contributed by atoms with Gasteiger partial charge in [-0.3, -0.25) is 9.59 Å². The molecule has 106 valence electrons. The first-order valence-corrected chi connectivity index (χ1v) is 6.92. The molecule has 1 saturated carbocycles. The number of ether oxygens (including phenoxy) is 1. The van der Waals surface area contributed by atoms with E-state index >= 15 is 0 Å². The van der Waals surface area contributed by atoms with Gasteiger partial charge in [0.1, 0.15) is 6.10 Å². The molecule has 0 radical (unpaired) electrons. The summed E-state index contributed by atoms with van der Waals surface area (Å²) in [6, 6.07) is 0. The Kier molecular flexibility index (Phi) is 3.70. The summed E-state index contributed by atoms with van der Waals surface area (Å²) in [4.78, 5) is 22.1. The third-order valence-electron chi connectivity index (χ3n) is 4.76. The molecular weight excluding hydrogens is 244 g/mol. The number of rotatable bonds is 5. The maximum absolute atomic E-state index is 11.6. The first-order chi connectivity index (χ1) is 8.82. The standard InChI is InChI=1S/C15H22O4/c1-9(19-13(18)7-6-12(16)17)14-10-4-5-11(8-10)15(14,2)3/h4-5,9-11,14H,6-8H2,1-3H3,(H,16,17)/t9?,10-,11+,14+/m0/s1. The van der Waals surface area contributed by atoms with Crippen molar-refractivity contribution in [1.29, 1.82) is 0 Å². The van der Waals surface area contributed by atoms with E-state index < -0.39 is 11.9 Å². The second-order valence-corrected chi connectivity index (χ2v) is 6.33. The minimum absolute atomic E-state index is 0.0449. The third kappa shape index (κ3) is 2.67. The predicted molar refractivity (Wildman–Crippen MR) is 70.4 cm³/mol. The summed E-state index contributed by atoms with van der Waals surface area (Å²) >= 11 is 0. The number of carboxylic acid groups (broad SMARTS) is 1. The van der Waals surface area contributed by atoms with E-state index in [0.29, 0.717) is 17.8 Å². The quantitative estimate of drug-likeness (QED) is 0.613. The highest BCUT2D eigenvalue weighted by Gasteiger charge is 2.52. The second-order valence-electron chi connectivity index (χ2n) is 6.33.